The van der Waals surface area contributed by atoms with Crippen molar-refractivity contribution in [3.05, 3.63) is 96.3 Å². The number of rotatable bonds is 8. The number of ether oxygens (including phenoxy) is 2. The molecule has 0 saturated heterocycles. The van der Waals surface area contributed by atoms with E-state index in [1.165, 1.54) is 0 Å². The van der Waals surface area contributed by atoms with Gasteiger partial charge in [0.25, 0.3) is 6.47 Å². The third-order valence-electron chi connectivity index (χ3n) is 6.59. The van der Waals surface area contributed by atoms with E-state index in [4.69, 9.17) is 9.47 Å². The van der Waals surface area contributed by atoms with E-state index in [1.54, 1.807) is 10.9 Å². The van der Waals surface area contributed by atoms with Crippen LogP contribution in [0.25, 0.3) is 22.4 Å². The van der Waals surface area contributed by atoms with Gasteiger partial charge in [0.05, 0.1) is 6.33 Å². The number of nitrogens with one attached hydrogen (secondary N) is 1. The normalized spacial score (nSPS) is 14.5. The highest BCUT2D eigenvalue weighted by Crippen LogP contribution is 2.49. The summed E-state index contributed by atoms with van der Waals surface area (Å²) in [7, 11) is 1.82. The Labute approximate surface area is 209 Å². The molecule has 0 unspecified atom stereocenters. The molecule has 0 bridgehead atoms. The van der Waals surface area contributed by atoms with E-state index >= 15 is 0 Å². The zero-order valence-corrected chi connectivity index (χ0v) is 20.2. The van der Waals surface area contributed by atoms with Gasteiger partial charge in [0.2, 0.25) is 0 Å². The van der Waals surface area contributed by atoms with Crippen molar-refractivity contribution < 1.29 is 19.1 Å². The standard InChI is InChI=1S/C29H27N3O4/c1-20(21-6-4-3-5-7-21)36-28(34)31-27-26(30-18-32(27)2)24-10-8-22(9-11-24)23-12-14-25(15-13-23)29(16-17-29)35-19-33/h3-15,18-20H,16-17H2,1-2H3,(H,31,34)/t20-/m1/s1. The number of hydrogen-bond donors (Lipinski definition) is 1. The lowest BCUT2D eigenvalue weighted by Gasteiger charge is -2.15. The van der Waals surface area contributed by atoms with Gasteiger partial charge in [-0.2, -0.15) is 0 Å². The number of benzene rings is 3. The predicted molar refractivity (Wildman–Crippen MR) is 137 cm³/mol. The Kier molecular flexibility index (Phi) is 6.29. The molecule has 0 spiro atoms. The van der Waals surface area contributed by atoms with Crippen molar-refractivity contribution in [2.75, 3.05) is 5.32 Å². The van der Waals surface area contributed by atoms with Crippen LogP contribution in [0, 0.1) is 0 Å². The number of carbonyl (C=O) groups excluding carboxylic acids is 2. The lowest BCUT2D eigenvalue weighted by molar-refractivity contribution is -0.136. The van der Waals surface area contributed by atoms with Crippen molar-refractivity contribution in [1.29, 1.82) is 0 Å². The van der Waals surface area contributed by atoms with Crippen LogP contribution in [-0.2, 0) is 26.9 Å². The molecule has 1 heterocycles. The average molecular weight is 482 g/mol. The smallest absolute Gasteiger partial charge is 0.413 e. The number of hydrogen-bond acceptors (Lipinski definition) is 5. The first-order chi connectivity index (χ1) is 17.5. The maximum atomic E-state index is 12.6. The van der Waals surface area contributed by atoms with E-state index in [2.05, 4.69) is 10.3 Å². The van der Waals surface area contributed by atoms with Crippen LogP contribution in [0.5, 0.6) is 0 Å². The number of aromatic nitrogens is 2. The first kappa shape index (κ1) is 23.4. The molecule has 1 amide bonds. The second-order valence-electron chi connectivity index (χ2n) is 9.00. The molecule has 7 heteroatoms. The van der Waals surface area contributed by atoms with Gasteiger partial charge in [-0.25, -0.2) is 9.78 Å². The van der Waals surface area contributed by atoms with E-state index in [1.807, 2.05) is 92.8 Å². The third-order valence-corrected chi connectivity index (χ3v) is 6.59. The van der Waals surface area contributed by atoms with Gasteiger partial charge in [0.15, 0.2) is 0 Å². The molecule has 7 nitrogen and oxygen atoms in total. The van der Waals surface area contributed by atoms with Gasteiger partial charge < -0.3 is 14.0 Å². The van der Waals surface area contributed by atoms with Crippen molar-refractivity contribution in [2.24, 2.45) is 7.05 Å². The van der Waals surface area contributed by atoms with E-state index in [9.17, 15) is 9.59 Å². The largest absolute Gasteiger partial charge is 0.456 e. The number of carbonyl (C=O) groups is 2. The second-order valence-corrected chi connectivity index (χ2v) is 9.00. The maximum Gasteiger partial charge on any atom is 0.413 e. The van der Waals surface area contributed by atoms with Crippen molar-refractivity contribution in [2.45, 2.75) is 31.5 Å². The molecule has 4 aromatic rings. The Hall–Kier alpha value is -4.39. The number of aryl methyl sites for hydroxylation is 1. The number of imidazole rings is 1. The van der Waals surface area contributed by atoms with Crippen LogP contribution in [0.15, 0.2) is 85.2 Å². The van der Waals surface area contributed by atoms with Crippen LogP contribution in [-0.4, -0.2) is 22.1 Å². The molecule has 1 aromatic heterocycles. The van der Waals surface area contributed by atoms with Crippen molar-refractivity contribution in [1.82, 2.24) is 9.55 Å². The summed E-state index contributed by atoms with van der Waals surface area (Å²) in [6.45, 7) is 2.37. The molecule has 1 N–H and O–H groups in total. The molecule has 182 valence electrons. The molecule has 3 aromatic carbocycles. The third kappa shape index (κ3) is 4.73. The van der Waals surface area contributed by atoms with Crippen LogP contribution >= 0.6 is 0 Å². The zero-order chi connectivity index (χ0) is 25.1. The fraction of sp³-hybridized carbons (Fsp3) is 0.207. The van der Waals surface area contributed by atoms with Gasteiger partial charge in [0, 0.05) is 12.6 Å². The highest BCUT2D eigenvalue weighted by atomic mass is 16.6. The lowest BCUT2D eigenvalue weighted by atomic mass is 9.99. The molecule has 1 saturated carbocycles. The highest BCUT2D eigenvalue weighted by Gasteiger charge is 2.46. The first-order valence-electron chi connectivity index (χ1n) is 11.9. The topological polar surface area (TPSA) is 82.4 Å². The zero-order valence-electron chi connectivity index (χ0n) is 20.2. The Morgan fingerprint density at radius 3 is 2.19 bits per heavy atom. The van der Waals surface area contributed by atoms with E-state index in [0.29, 0.717) is 18.0 Å². The number of anilines is 1. The summed E-state index contributed by atoms with van der Waals surface area (Å²) < 4.78 is 12.6. The van der Waals surface area contributed by atoms with Gasteiger partial charge in [0.1, 0.15) is 23.2 Å². The van der Waals surface area contributed by atoms with E-state index in [0.717, 1.165) is 40.7 Å². The monoisotopic (exact) mass is 481 g/mol. The SMILES string of the molecule is C[C@@H](OC(=O)Nc1c(-c2ccc(-c3ccc(C4(OC=O)CC4)cc3)cc2)ncn1C)c1ccccc1. The van der Waals surface area contributed by atoms with Crippen LogP contribution in [0.4, 0.5) is 10.6 Å². The van der Waals surface area contributed by atoms with Crippen molar-refractivity contribution >= 4 is 18.4 Å². The van der Waals surface area contributed by atoms with Crippen LogP contribution in [0.3, 0.4) is 0 Å². The molecule has 1 aliphatic carbocycles. The summed E-state index contributed by atoms with van der Waals surface area (Å²) in [4.78, 5) is 27.9. The predicted octanol–water partition coefficient (Wildman–Crippen LogP) is 6.23. The quantitative estimate of drug-likeness (QED) is 0.302. The molecule has 1 atom stereocenters. The molecule has 1 aliphatic rings. The van der Waals surface area contributed by atoms with Gasteiger partial charge in [-0.15, -0.1) is 0 Å². The Morgan fingerprint density at radius 2 is 1.58 bits per heavy atom. The van der Waals surface area contributed by atoms with Gasteiger partial charge >= 0.3 is 6.09 Å². The highest BCUT2D eigenvalue weighted by molar-refractivity contribution is 5.89. The molecule has 5 rings (SSSR count). The van der Waals surface area contributed by atoms with Gasteiger partial charge in [-0.1, -0.05) is 78.9 Å². The second kappa shape index (κ2) is 9.70. The Bertz CT molecular complexity index is 1360. The summed E-state index contributed by atoms with van der Waals surface area (Å²) in [5.74, 6) is 0.558. The molecule has 0 radical (unpaired) electrons. The Morgan fingerprint density at radius 1 is 0.972 bits per heavy atom. The first-order valence-corrected chi connectivity index (χ1v) is 11.9. The fourth-order valence-electron chi connectivity index (χ4n) is 4.33. The summed E-state index contributed by atoms with van der Waals surface area (Å²) in [6.07, 6.45) is 2.46. The molecular weight excluding hydrogens is 454 g/mol. The summed E-state index contributed by atoms with van der Waals surface area (Å²) >= 11 is 0. The van der Waals surface area contributed by atoms with Crippen LogP contribution in [0.2, 0.25) is 0 Å². The fourth-order valence-corrected chi connectivity index (χ4v) is 4.33. The van der Waals surface area contributed by atoms with Gasteiger partial charge in [-0.3, -0.25) is 10.1 Å². The minimum absolute atomic E-state index is 0.381. The van der Waals surface area contributed by atoms with E-state index in [-0.39, 0.29) is 6.10 Å². The van der Waals surface area contributed by atoms with Crippen LogP contribution in [0.1, 0.15) is 37.0 Å². The van der Waals surface area contributed by atoms with Crippen LogP contribution < -0.4 is 5.32 Å². The minimum Gasteiger partial charge on any atom is -0.456 e. The van der Waals surface area contributed by atoms with Crippen molar-refractivity contribution in [3.63, 3.8) is 0 Å². The summed E-state index contributed by atoms with van der Waals surface area (Å²) in [6, 6.07) is 25.7. The average Bonchev–Trinajstić information content (AvgIpc) is 3.61. The maximum absolute atomic E-state index is 12.6. The minimum atomic E-state index is -0.542. The summed E-state index contributed by atoms with van der Waals surface area (Å²) in [5.41, 5.74) is 5.15. The summed E-state index contributed by atoms with van der Waals surface area (Å²) in [5, 5.41) is 2.84. The molecule has 0 aliphatic heterocycles. The Balaban J connectivity index is 1.29. The molecule has 36 heavy (non-hydrogen) atoms. The van der Waals surface area contributed by atoms with Crippen molar-refractivity contribution in [3.8, 4) is 22.4 Å². The number of amides is 1. The lowest BCUT2D eigenvalue weighted by Crippen LogP contribution is -2.18. The molecule has 1 fully saturated rings. The number of nitrogens with zero attached hydrogens (tertiary/aromatic N) is 2. The van der Waals surface area contributed by atoms with Gasteiger partial charge in [-0.05, 0) is 42.0 Å². The van der Waals surface area contributed by atoms with E-state index < -0.39 is 11.7 Å². The molecular formula is C29H27N3O4.